The number of aryl methyl sites for hydroxylation is 1. The molecular formula is C20H16BrClN2O2. The molecule has 0 fully saturated rings. The highest BCUT2D eigenvalue weighted by atomic mass is 79.9. The molecular weight excluding hydrogens is 416 g/mol. The van der Waals surface area contributed by atoms with E-state index < -0.39 is 5.91 Å². The number of benzene rings is 2. The summed E-state index contributed by atoms with van der Waals surface area (Å²) in [5.41, 5.74) is 2.27. The van der Waals surface area contributed by atoms with Crippen molar-refractivity contribution in [1.29, 1.82) is 5.26 Å². The Balaban J connectivity index is 2.24. The molecule has 0 saturated heterocycles. The van der Waals surface area contributed by atoms with E-state index in [1.165, 1.54) is 6.08 Å². The van der Waals surface area contributed by atoms with Crippen LogP contribution in [0, 0.1) is 18.3 Å². The highest BCUT2D eigenvalue weighted by Gasteiger charge is 2.12. The molecule has 0 aliphatic carbocycles. The van der Waals surface area contributed by atoms with E-state index in [9.17, 15) is 10.1 Å². The highest BCUT2D eigenvalue weighted by Crippen LogP contribution is 2.35. The Kier molecular flexibility index (Phi) is 7.02. The molecule has 2 aromatic carbocycles. The molecule has 0 aromatic heterocycles. The number of carbonyl (C=O) groups is 1. The van der Waals surface area contributed by atoms with Gasteiger partial charge in [-0.2, -0.15) is 5.26 Å². The first-order valence-corrected chi connectivity index (χ1v) is 8.84. The topological polar surface area (TPSA) is 62.1 Å². The molecule has 0 aliphatic rings. The Morgan fingerprint density at radius 2 is 2.08 bits per heavy atom. The van der Waals surface area contributed by atoms with Gasteiger partial charge in [0.15, 0.2) is 5.75 Å². The highest BCUT2D eigenvalue weighted by molar-refractivity contribution is 9.10. The van der Waals surface area contributed by atoms with E-state index >= 15 is 0 Å². The molecule has 0 heterocycles. The van der Waals surface area contributed by atoms with Gasteiger partial charge in [0.2, 0.25) is 0 Å². The number of carbonyl (C=O) groups excluding carboxylic acids is 1. The summed E-state index contributed by atoms with van der Waals surface area (Å²) in [6, 6.07) is 12.6. The number of halogens is 2. The quantitative estimate of drug-likeness (QED) is 0.372. The van der Waals surface area contributed by atoms with Crippen LogP contribution >= 0.6 is 27.5 Å². The van der Waals surface area contributed by atoms with Gasteiger partial charge >= 0.3 is 0 Å². The smallest absolute Gasteiger partial charge is 0.266 e. The van der Waals surface area contributed by atoms with E-state index in [0.717, 1.165) is 5.56 Å². The lowest BCUT2D eigenvalue weighted by atomic mass is 10.1. The molecule has 0 radical (unpaired) electrons. The fourth-order valence-electron chi connectivity index (χ4n) is 2.09. The fraction of sp³-hybridized carbons (Fsp3) is 0.100. The van der Waals surface area contributed by atoms with Crippen molar-refractivity contribution >= 4 is 45.2 Å². The first kappa shape index (κ1) is 19.8. The van der Waals surface area contributed by atoms with Crippen molar-refractivity contribution in [3.05, 3.63) is 75.2 Å². The summed E-state index contributed by atoms with van der Waals surface area (Å²) in [4.78, 5) is 12.3. The van der Waals surface area contributed by atoms with E-state index in [1.54, 1.807) is 30.3 Å². The van der Waals surface area contributed by atoms with Gasteiger partial charge in [0.25, 0.3) is 5.91 Å². The average Bonchev–Trinajstić information content (AvgIpc) is 2.61. The van der Waals surface area contributed by atoms with E-state index in [-0.39, 0.29) is 5.57 Å². The summed E-state index contributed by atoms with van der Waals surface area (Å²) >= 11 is 9.60. The molecule has 1 amide bonds. The summed E-state index contributed by atoms with van der Waals surface area (Å²) < 4.78 is 6.10. The van der Waals surface area contributed by atoms with Crippen molar-refractivity contribution < 1.29 is 9.53 Å². The van der Waals surface area contributed by atoms with Crippen LogP contribution in [0.2, 0.25) is 5.02 Å². The van der Waals surface area contributed by atoms with Gasteiger partial charge in [0, 0.05) is 5.69 Å². The minimum absolute atomic E-state index is 0.0340. The van der Waals surface area contributed by atoms with Crippen LogP contribution in [0.1, 0.15) is 11.1 Å². The number of ether oxygens (including phenoxy) is 1. The zero-order chi connectivity index (χ0) is 19.1. The SMILES string of the molecule is C=CCOc1c(Cl)cc(/C=C(/C#N)C(=O)Nc2ccc(C)cc2)cc1Br. The van der Waals surface area contributed by atoms with Crippen LogP contribution in [0.15, 0.2) is 59.1 Å². The Morgan fingerprint density at radius 3 is 2.65 bits per heavy atom. The predicted octanol–water partition coefficient (Wildman–Crippen LogP) is 5.52. The van der Waals surface area contributed by atoms with Gasteiger partial charge in [-0.15, -0.1) is 0 Å². The lowest BCUT2D eigenvalue weighted by Crippen LogP contribution is -2.13. The van der Waals surface area contributed by atoms with Gasteiger partial charge in [-0.05, 0) is 58.8 Å². The van der Waals surface area contributed by atoms with Crippen molar-refractivity contribution in [2.24, 2.45) is 0 Å². The zero-order valence-electron chi connectivity index (χ0n) is 14.1. The second kappa shape index (κ2) is 9.23. The Bertz CT molecular complexity index is 876. The summed E-state index contributed by atoms with van der Waals surface area (Å²) in [5, 5.41) is 12.4. The number of hydrogen-bond acceptors (Lipinski definition) is 3. The Hall–Kier alpha value is -2.55. The molecule has 4 nitrogen and oxygen atoms in total. The third-order valence-corrected chi connectivity index (χ3v) is 4.22. The molecule has 132 valence electrons. The van der Waals surface area contributed by atoms with Crippen LogP contribution in [-0.2, 0) is 4.79 Å². The van der Waals surface area contributed by atoms with E-state index in [4.69, 9.17) is 16.3 Å². The van der Waals surface area contributed by atoms with Gasteiger partial charge < -0.3 is 10.1 Å². The van der Waals surface area contributed by atoms with Crippen molar-refractivity contribution in [3.8, 4) is 11.8 Å². The maximum atomic E-state index is 12.3. The standard InChI is InChI=1S/C20H16BrClN2O2/c1-3-8-26-19-17(21)10-14(11-18(19)22)9-15(12-23)20(25)24-16-6-4-13(2)5-7-16/h3-7,9-11H,1,8H2,2H3,(H,24,25)/b15-9-. The number of nitrogens with one attached hydrogen (secondary N) is 1. The average molecular weight is 432 g/mol. The van der Waals surface area contributed by atoms with Crippen LogP contribution in [0.5, 0.6) is 5.75 Å². The summed E-state index contributed by atoms with van der Waals surface area (Å²) in [5.74, 6) is -0.0121. The number of amides is 1. The molecule has 2 rings (SSSR count). The molecule has 0 unspecified atom stereocenters. The third kappa shape index (κ3) is 5.22. The van der Waals surface area contributed by atoms with Gasteiger partial charge in [-0.3, -0.25) is 4.79 Å². The summed E-state index contributed by atoms with van der Waals surface area (Å²) in [6.45, 7) is 5.86. The maximum Gasteiger partial charge on any atom is 0.266 e. The minimum atomic E-state index is -0.490. The van der Waals surface area contributed by atoms with Gasteiger partial charge in [-0.25, -0.2) is 0 Å². The van der Waals surface area contributed by atoms with Crippen LogP contribution in [-0.4, -0.2) is 12.5 Å². The number of nitriles is 1. The zero-order valence-corrected chi connectivity index (χ0v) is 16.4. The van der Waals surface area contributed by atoms with Crippen LogP contribution in [0.3, 0.4) is 0 Å². The summed E-state index contributed by atoms with van der Waals surface area (Å²) in [7, 11) is 0. The Morgan fingerprint density at radius 1 is 1.38 bits per heavy atom. The maximum absolute atomic E-state index is 12.3. The molecule has 0 bridgehead atoms. The molecule has 0 spiro atoms. The van der Waals surface area contributed by atoms with Crippen LogP contribution in [0.4, 0.5) is 5.69 Å². The Labute approximate surface area is 165 Å². The number of rotatable bonds is 6. The fourth-order valence-corrected chi connectivity index (χ4v) is 3.08. The second-order valence-corrected chi connectivity index (χ2v) is 6.66. The van der Waals surface area contributed by atoms with Gasteiger partial charge in [0.05, 0.1) is 9.50 Å². The van der Waals surface area contributed by atoms with Gasteiger partial charge in [-0.1, -0.05) is 42.0 Å². The van der Waals surface area contributed by atoms with Crippen LogP contribution in [0.25, 0.3) is 6.08 Å². The van der Waals surface area contributed by atoms with Crippen molar-refractivity contribution in [2.75, 3.05) is 11.9 Å². The third-order valence-electron chi connectivity index (χ3n) is 3.35. The minimum Gasteiger partial charge on any atom is -0.487 e. The van der Waals surface area contributed by atoms with E-state index in [2.05, 4.69) is 27.8 Å². The molecule has 2 aromatic rings. The van der Waals surface area contributed by atoms with Crippen LogP contribution < -0.4 is 10.1 Å². The second-order valence-electron chi connectivity index (χ2n) is 5.40. The monoisotopic (exact) mass is 430 g/mol. The van der Waals surface area contributed by atoms with Crippen molar-refractivity contribution in [2.45, 2.75) is 6.92 Å². The molecule has 26 heavy (non-hydrogen) atoms. The largest absolute Gasteiger partial charge is 0.487 e. The first-order valence-electron chi connectivity index (χ1n) is 7.67. The predicted molar refractivity (Wildman–Crippen MR) is 108 cm³/mol. The van der Waals surface area contributed by atoms with E-state index in [0.29, 0.717) is 33.1 Å². The van der Waals surface area contributed by atoms with Crippen molar-refractivity contribution in [1.82, 2.24) is 0 Å². The molecule has 6 heteroatoms. The number of hydrogen-bond donors (Lipinski definition) is 1. The molecule has 0 aliphatic heterocycles. The molecule has 0 atom stereocenters. The lowest BCUT2D eigenvalue weighted by Gasteiger charge is -2.10. The number of anilines is 1. The first-order chi connectivity index (χ1) is 12.4. The summed E-state index contributed by atoms with van der Waals surface area (Å²) in [6.07, 6.45) is 3.08. The van der Waals surface area contributed by atoms with Crippen molar-refractivity contribution in [3.63, 3.8) is 0 Å². The molecule has 0 saturated carbocycles. The molecule has 1 N–H and O–H groups in total. The van der Waals surface area contributed by atoms with E-state index in [1.807, 2.05) is 25.1 Å². The normalized spacial score (nSPS) is 10.8. The number of nitrogens with zero attached hydrogens (tertiary/aromatic N) is 1. The lowest BCUT2D eigenvalue weighted by molar-refractivity contribution is -0.112. The van der Waals surface area contributed by atoms with Gasteiger partial charge in [0.1, 0.15) is 18.2 Å².